The van der Waals surface area contributed by atoms with Gasteiger partial charge in [0.15, 0.2) is 0 Å². The zero-order valence-electron chi connectivity index (χ0n) is 11.2. The lowest BCUT2D eigenvalue weighted by Crippen LogP contribution is -2.51. The van der Waals surface area contributed by atoms with E-state index in [4.69, 9.17) is 0 Å². The molecule has 1 unspecified atom stereocenters. The number of nitrogens with zero attached hydrogens (tertiary/aromatic N) is 1. The van der Waals surface area contributed by atoms with Crippen LogP contribution in [0.25, 0.3) is 0 Å². The van der Waals surface area contributed by atoms with Gasteiger partial charge >= 0.3 is 0 Å². The van der Waals surface area contributed by atoms with Gasteiger partial charge in [0.25, 0.3) is 0 Å². The lowest BCUT2D eigenvalue weighted by Gasteiger charge is -2.36. The molecule has 1 saturated carbocycles. The first-order valence-corrected chi connectivity index (χ1v) is 7.69. The zero-order valence-corrected chi connectivity index (χ0v) is 12.8. The maximum atomic E-state index is 3.67. The SMILES string of the molecule is Cc1cc(N2CCNC(C3CC3)C2)cc(C)c1Br. The van der Waals surface area contributed by atoms with Crippen LogP contribution in [0.5, 0.6) is 0 Å². The quantitative estimate of drug-likeness (QED) is 0.902. The number of anilines is 1. The molecule has 1 aromatic carbocycles. The van der Waals surface area contributed by atoms with E-state index in [1.807, 2.05) is 0 Å². The minimum atomic E-state index is 0.711. The molecule has 18 heavy (non-hydrogen) atoms. The summed E-state index contributed by atoms with van der Waals surface area (Å²) >= 11 is 3.65. The number of rotatable bonds is 2. The number of halogens is 1. The number of aryl methyl sites for hydroxylation is 2. The summed E-state index contributed by atoms with van der Waals surface area (Å²) in [7, 11) is 0. The molecule has 98 valence electrons. The average Bonchev–Trinajstić information content (AvgIpc) is 3.20. The molecule has 1 atom stereocenters. The molecule has 1 N–H and O–H groups in total. The highest BCUT2D eigenvalue weighted by Gasteiger charge is 2.34. The molecule has 2 fully saturated rings. The highest BCUT2D eigenvalue weighted by molar-refractivity contribution is 9.10. The van der Waals surface area contributed by atoms with Crippen LogP contribution in [0.1, 0.15) is 24.0 Å². The number of hydrogen-bond donors (Lipinski definition) is 1. The summed E-state index contributed by atoms with van der Waals surface area (Å²) in [5.74, 6) is 0.936. The largest absolute Gasteiger partial charge is 0.369 e. The number of hydrogen-bond acceptors (Lipinski definition) is 2. The third-order valence-electron chi connectivity index (χ3n) is 4.18. The van der Waals surface area contributed by atoms with Crippen LogP contribution < -0.4 is 10.2 Å². The van der Waals surface area contributed by atoms with Crippen molar-refractivity contribution in [2.24, 2.45) is 5.92 Å². The monoisotopic (exact) mass is 308 g/mol. The molecule has 1 heterocycles. The third-order valence-corrected chi connectivity index (χ3v) is 5.43. The lowest BCUT2D eigenvalue weighted by molar-refractivity contribution is 0.419. The molecule has 1 saturated heterocycles. The van der Waals surface area contributed by atoms with E-state index in [9.17, 15) is 0 Å². The van der Waals surface area contributed by atoms with Crippen LogP contribution in [0, 0.1) is 19.8 Å². The Morgan fingerprint density at radius 1 is 1.22 bits per heavy atom. The van der Waals surface area contributed by atoms with Crippen molar-refractivity contribution < 1.29 is 0 Å². The number of piperazine rings is 1. The molecular weight excluding hydrogens is 288 g/mol. The summed E-state index contributed by atoms with van der Waals surface area (Å²) in [4.78, 5) is 2.55. The summed E-state index contributed by atoms with van der Waals surface area (Å²) in [6, 6.07) is 5.33. The summed E-state index contributed by atoms with van der Waals surface area (Å²) in [6.45, 7) is 7.78. The van der Waals surface area contributed by atoms with E-state index in [0.717, 1.165) is 19.0 Å². The van der Waals surface area contributed by atoms with Gasteiger partial charge in [-0.1, -0.05) is 15.9 Å². The van der Waals surface area contributed by atoms with Crippen molar-refractivity contribution >= 4 is 21.6 Å². The fraction of sp³-hybridized carbons (Fsp3) is 0.600. The van der Waals surface area contributed by atoms with Crippen LogP contribution in [0.2, 0.25) is 0 Å². The lowest BCUT2D eigenvalue weighted by atomic mass is 10.1. The van der Waals surface area contributed by atoms with Gasteiger partial charge < -0.3 is 10.2 Å². The summed E-state index contributed by atoms with van der Waals surface area (Å²) in [5.41, 5.74) is 4.07. The Morgan fingerprint density at radius 2 is 1.89 bits per heavy atom. The zero-order chi connectivity index (χ0) is 12.7. The van der Waals surface area contributed by atoms with Gasteiger partial charge in [-0.15, -0.1) is 0 Å². The fourth-order valence-electron chi connectivity index (χ4n) is 2.93. The Bertz CT molecular complexity index is 431. The van der Waals surface area contributed by atoms with Crippen molar-refractivity contribution in [2.75, 3.05) is 24.5 Å². The predicted octanol–water partition coefficient (Wildman–Crippen LogP) is 3.25. The Morgan fingerprint density at radius 3 is 2.50 bits per heavy atom. The summed E-state index contributed by atoms with van der Waals surface area (Å²) in [6.07, 6.45) is 2.84. The second-order valence-corrected chi connectivity index (χ2v) is 6.53. The van der Waals surface area contributed by atoms with E-state index in [1.54, 1.807) is 0 Å². The molecule has 3 heteroatoms. The Hall–Kier alpha value is -0.540. The van der Waals surface area contributed by atoms with Crippen molar-refractivity contribution in [1.29, 1.82) is 0 Å². The van der Waals surface area contributed by atoms with Gasteiger partial charge in [0, 0.05) is 35.8 Å². The molecular formula is C15H21BrN2. The maximum absolute atomic E-state index is 3.67. The minimum Gasteiger partial charge on any atom is -0.369 e. The van der Waals surface area contributed by atoms with Crippen LogP contribution in [-0.2, 0) is 0 Å². The van der Waals surface area contributed by atoms with Crippen LogP contribution in [0.3, 0.4) is 0 Å². The van der Waals surface area contributed by atoms with Gasteiger partial charge in [0.1, 0.15) is 0 Å². The van der Waals surface area contributed by atoms with Crippen molar-refractivity contribution in [3.63, 3.8) is 0 Å². The van der Waals surface area contributed by atoms with E-state index < -0.39 is 0 Å². The van der Waals surface area contributed by atoms with Crippen molar-refractivity contribution in [3.8, 4) is 0 Å². The Kier molecular flexibility index (Phi) is 3.37. The van der Waals surface area contributed by atoms with E-state index in [2.05, 4.69) is 52.1 Å². The summed E-state index contributed by atoms with van der Waals surface area (Å²) < 4.78 is 1.25. The van der Waals surface area contributed by atoms with Crippen molar-refractivity contribution in [1.82, 2.24) is 5.32 Å². The molecule has 1 aliphatic carbocycles. The Balaban J connectivity index is 1.80. The number of nitrogens with one attached hydrogen (secondary N) is 1. The summed E-state index contributed by atoms with van der Waals surface area (Å²) in [5, 5.41) is 3.67. The molecule has 2 aliphatic rings. The van der Waals surface area contributed by atoms with E-state index >= 15 is 0 Å². The third kappa shape index (κ3) is 2.43. The molecule has 0 spiro atoms. The van der Waals surface area contributed by atoms with Crippen LogP contribution >= 0.6 is 15.9 Å². The molecule has 0 radical (unpaired) electrons. The first-order valence-electron chi connectivity index (χ1n) is 6.90. The van der Waals surface area contributed by atoms with Crippen LogP contribution in [0.4, 0.5) is 5.69 Å². The minimum absolute atomic E-state index is 0.711. The van der Waals surface area contributed by atoms with E-state index in [1.165, 1.54) is 40.7 Å². The van der Waals surface area contributed by atoms with Gasteiger partial charge in [-0.2, -0.15) is 0 Å². The average molecular weight is 309 g/mol. The normalized spacial score (nSPS) is 24.4. The van der Waals surface area contributed by atoms with Gasteiger partial charge in [0.05, 0.1) is 0 Å². The van der Waals surface area contributed by atoms with Crippen LogP contribution in [-0.4, -0.2) is 25.7 Å². The number of benzene rings is 1. The fourth-order valence-corrected chi connectivity index (χ4v) is 3.16. The molecule has 0 amide bonds. The van der Waals surface area contributed by atoms with Gasteiger partial charge in [-0.05, 0) is 55.9 Å². The van der Waals surface area contributed by atoms with Gasteiger partial charge in [-0.25, -0.2) is 0 Å². The van der Waals surface area contributed by atoms with Gasteiger partial charge in [-0.3, -0.25) is 0 Å². The molecule has 0 aromatic heterocycles. The first-order chi connectivity index (χ1) is 8.65. The maximum Gasteiger partial charge on any atom is 0.0373 e. The standard InChI is InChI=1S/C15H21BrN2/c1-10-7-13(8-11(2)15(10)16)18-6-5-17-14(9-18)12-3-4-12/h7-8,12,14,17H,3-6,9H2,1-2H3. The molecule has 3 rings (SSSR count). The predicted molar refractivity (Wildman–Crippen MR) is 80.3 cm³/mol. The molecule has 0 bridgehead atoms. The highest BCUT2D eigenvalue weighted by atomic mass is 79.9. The van der Waals surface area contributed by atoms with Crippen molar-refractivity contribution in [2.45, 2.75) is 32.7 Å². The smallest absolute Gasteiger partial charge is 0.0373 e. The first kappa shape index (κ1) is 12.5. The van der Waals surface area contributed by atoms with E-state index in [0.29, 0.717) is 6.04 Å². The Labute approximate surface area is 118 Å². The highest BCUT2D eigenvalue weighted by Crippen LogP contribution is 2.35. The van der Waals surface area contributed by atoms with Crippen molar-refractivity contribution in [3.05, 3.63) is 27.7 Å². The second kappa shape index (κ2) is 4.86. The molecule has 2 nitrogen and oxygen atoms in total. The van der Waals surface area contributed by atoms with Crippen LogP contribution in [0.15, 0.2) is 16.6 Å². The van der Waals surface area contributed by atoms with E-state index in [-0.39, 0.29) is 0 Å². The van der Waals surface area contributed by atoms with Gasteiger partial charge in [0.2, 0.25) is 0 Å². The molecule has 1 aromatic rings. The molecule has 1 aliphatic heterocycles. The topological polar surface area (TPSA) is 15.3 Å². The second-order valence-electron chi connectivity index (χ2n) is 5.74.